The molecule has 1 aliphatic heterocycles. The third-order valence-electron chi connectivity index (χ3n) is 5.01. The Bertz CT molecular complexity index is 564. The van der Waals surface area contributed by atoms with Crippen molar-refractivity contribution < 1.29 is 9.72 Å². The van der Waals surface area contributed by atoms with Crippen LogP contribution in [0.2, 0.25) is 0 Å². The third kappa shape index (κ3) is 5.42. The minimum atomic E-state index is -0.458. The summed E-state index contributed by atoms with van der Waals surface area (Å²) in [7, 11) is 0. The van der Waals surface area contributed by atoms with E-state index in [1.807, 2.05) is 0 Å². The molecule has 7 nitrogen and oxygen atoms in total. The SMILES string of the molecule is CCC(CC)[C@@H](CNC(=O)Nc1ccc([N+](=O)[O-])cc1)N1CCCC1. The molecule has 0 radical (unpaired) electrons. The highest BCUT2D eigenvalue weighted by atomic mass is 16.6. The summed E-state index contributed by atoms with van der Waals surface area (Å²) in [6, 6.07) is 5.93. The van der Waals surface area contributed by atoms with Gasteiger partial charge in [0.2, 0.25) is 0 Å². The van der Waals surface area contributed by atoms with Crippen molar-refractivity contribution in [3.63, 3.8) is 0 Å². The molecule has 0 aromatic heterocycles. The molecule has 1 aliphatic rings. The third-order valence-corrected chi connectivity index (χ3v) is 5.01. The van der Waals surface area contributed by atoms with Gasteiger partial charge in [-0.2, -0.15) is 0 Å². The molecule has 2 amide bonds. The van der Waals surface area contributed by atoms with E-state index in [9.17, 15) is 14.9 Å². The van der Waals surface area contributed by atoms with Crippen LogP contribution in [0.15, 0.2) is 24.3 Å². The number of anilines is 1. The first-order chi connectivity index (χ1) is 12.0. The minimum absolute atomic E-state index is 0.00814. The van der Waals surface area contributed by atoms with Gasteiger partial charge in [0.25, 0.3) is 5.69 Å². The molecular weight excluding hydrogens is 320 g/mol. The molecule has 1 fully saturated rings. The van der Waals surface area contributed by atoms with E-state index in [0.29, 0.717) is 24.2 Å². The smallest absolute Gasteiger partial charge is 0.319 e. The number of carbonyl (C=O) groups excluding carboxylic acids is 1. The summed E-state index contributed by atoms with van der Waals surface area (Å²) in [6.07, 6.45) is 4.66. The molecular formula is C18H28N4O3. The standard InChI is InChI=1S/C18H28N4O3/c1-3-14(4-2)17(21-11-5-6-12-21)13-19-18(23)20-15-7-9-16(10-8-15)22(24)25/h7-10,14,17H,3-6,11-13H2,1-2H3,(H2,19,20,23)/t17-/m1/s1. The number of non-ortho nitro benzene ring substituents is 1. The number of likely N-dealkylation sites (tertiary alicyclic amines) is 1. The highest BCUT2D eigenvalue weighted by Gasteiger charge is 2.27. The molecule has 1 saturated heterocycles. The summed E-state index contributed by atoms with van der Waals surface area (Å²) in [5, 5.41) is 16.4. The van der Waals surface area contributed by atoms with Crippen LogP contribution < -0.4 is 10.6 Å². The first-order valence-corrected chi connectivity index (χ1v) is 9.08. The van der Waals surface area contributed by atoms with E-state index in [-0.39, 0.29) is 11.7 Å². The lowest BCUT2D eigenvalue weighted by molar-refractivity contribution is -0.384. The Balaban J connectivity index is 1.90. The average Bonchev–Trinajstić information content (AvgIpc) is 3.13. The fourth-order valence-corrected chi connectivity index (χ4v) is 3.54. The van der Waals surface area contributed by atoms with Crippen molar-refractivity contribution in [3.05, 3.63) is 34.4 Å². The molecule has 1 aromatic rings. The second-order valence-corrected chi connectivity index (χ2v) is 6.53. The van der Waals surface area contributed by atoms with Crippen LogP contribution in [-0.4, -0.2) is 41.5 Å². The van der Waals surface area contributed by atoms with Gasteiger partial charge in [0.15, 0.2) is 0 Å². The van der Waals surface area contributed by atoms with Gasteiger partial charge in [0, 0.05) is 30.4 Å². The van der Waals surface area contributed by atoms with Crippen LogP contribution in [0.25, 0.3) is 0 Å². The van der Waals surface area contributed by atoms with Crippen molar-refractivity contribution in [1.82, 2.24) is 10.2 Å². The van der Waals surface area contributed by atoms with Crippen molar-refractivity contribution in [2.24, 2.45) is 5.92 Å². The first-order valence-electron chi connectivity index (χ1n) is 9.08. The minimum Gasteiger partial charge on any atom is -0.336 e. The van der Waals surface area contributed by atoms with Gasteiger partial charge in [-0.05, 0) is 44.0 Å². The Hall–Kier alpha value is -2.15. The number of nitrogens with zero attached hydrogens (tertiary/aromatic N) is 2. The Labute approximate surface area is 148 Å². The van der Waals surface area contributed by atoms with Gasteiger partial charge in [-0.25, -0.2) is 4.79 Å². The molecule has 7 heteroatoms. The summed E-state index contributed by atoms with van der Waals surface area (Å²) in [4.78, 5) is 24.9. The maximum absolute atomic E-state index is 12.2. The molecule has 1 heterocycles. The predicted molar refractivity (Wildman–Crippen MR) is 98.8 cm³/mol. The Morgan fingerprint density at radius 3 is 2.32 bits per heavy atom. The Kier molecular flexibility index (Phi) is 7.18. The van der Waals surface area contributed by atoms with Gasteiger partial charge in [-0.3, -0.25) is 15.0 Å². The summed E-state index contributed by atoms with van der Waals surface area (Å²) in [5.41, 5.74) is 0.553. The van der Waals surface area contributed by atoms with Crippen LogP contribution in [0, 0.1) is 16.0 Å². The number of hydrogen-bond donors (Lipinski definition) is 2. The fourth-order valence-electron chi connectivity index (χ4n) is 3.54. The summed E-state index contributed by atoms with van der Waals surface area (Å²) >= 11 is 0. The molecule has 2 N–H and O–H groups in total. The zero-order chi connectivity index (χ0) is 18.2. The average molecular weight is 348 g/mol. The molecule has 0 unspecified atom stereocenters. The van der Waals surface area contributed by atoms with Crippen LogP contribution in [0.1, 0.15) is 39.5 Å². The second-order valence-electron chi connectivity index (χ2n) is 6.53. The van der Waals surface area contributed by atoms with Crippen LogP contribution >= 0.6 is 0 Å². The van der Waals surface area contributed by atoms with Crippen molar-refractivity contribution in [2.45, 2.75) is 45.6 Å². The fraction of sp³-hybridized carbons (Fsp3) is 0.611. The Morgan fingerprint density at radius 1 is 1.20 bits per heavy atom. The van der Waals surface area contributed by atoms with Crippen molar-refractivity contribution in [1.29, 1.82) is 0 Å². The lowest BCUT2D eigenvalue weighted by Gasteiger charge is -2.33. The molecule has 2 rings (SSSR count). The monoisotopic (exact) mass is 348 g/mol. The van der Waals surface area contributed by atoms with Crippen LogP contribution in [0.4, 0.5) is 16.2 Å². The van der Waals surface area contributed by atoms with E-state index >= 15 is 0 Å². The van der Waals surface area contributed by atoms with E-state index in [0.717, 1.165) is 25.9 Å². The van der Waals surface area contributed by atoms with E-state index in [1.54, 1.807) is 0 Å². The predicted octanol–water partition coefficient (Wildman–Crippen LogP) is 3.62. The van der Waals surface area contributed by atoms with Crippen LogP contribution in [0.3, 0.4) is 0 Å². The molecule has 0 aliphatic carbocycles. The molecule has 0 spiro atoms. The van der Waals surface area contributed by atoms with Gasteiger partial charge in [0.1, 0.15) is 0 Å². The molecule has 1 aromatic carbocycles. The van der Waals surface area contributed by atoms with Crippen LogP contribution in [-0.2, 0) is 0 Å². The van der Waals surface area contributed by atoms with E-state index in [2.05, 4.69) is 29.4 Å². The first kappa shape index (κ1) is 19.2. The van der Waals surface area contributed by atoms with Gasteiger partial charge < -0.3 is 10.6 Å². The second kappa shape index (κ2) is 9.36. The maximum atomic E-state index is 12.2. The van der Waals surface area contributed by atoms with E-state index in [4.69, 9.17) is 0 Å². The summed E-state index contributed by atoms with van der Waals surface area (Å²) in [5.74, 6) is 0.567. The number of carbonyl (C=O) groups is 1. The normalized spacial score (nSPS) is 16.0. The highest BCUT2D eigenvalue weighted by molar-refractivity contribution is 5.89. The lowest BCUT2D eigenvalue weighted by Crippen LogP contribution is -2.47. The van der Waals surface area contributed by atoms with Crippen molar-refractivity contribution in [3.8, 4) is 0 Å². The number of nitro groups is 1. The van der Waals surface area contributed by atoms with Crippen molar-refractivity contribution >= 4 is 17.4 Å². The number of nitrogens with one attached hydrogen (secondary N) is 2. The van der Waals surface area contributed by atoms with Gasteiger partial charge in [-0.1, -0.05) is 26.7 Å². The number of nitro benzene ring substituents is 1. The lowest BCUT2D eigenvalue weighted by atomic mass is 9.93. The van der Waals surface area contributed by atoms with Crippen molar-refractivity contribution in [2.75, 3.05) is 25.0 Å². The van der Waals surface area contributed by atoms with E-state index < -0.39 is 4.92 Å². The molecule has 138 valence electrons. The summed E-state index contributed by atoms with van der Waals surface area (Å²) < 4.78 is 0. The van der Waals surface area contributed by atoms with E-state index in [1.165, 1.54) is 37.1 Å². The Morgan fingerprint density at radius 2 is 1.80 bits per heavy atom. The highest BCUT2D eigenvalue weighted by Crippen LogP contribution is 2.22. The quantitative estimate of drug-likeness (QED) is 0.555. The number of hydrogen-bond acceptors (Lipinski definition) is 4. The summed E-state index contributed by atoms with van der Waals surface area (Å²) in [6.45, 7) is 7.23. The van der Waals surface area contributed by atoms with Gasteiger partial charge in [-0.15, -0.1) is 0 Å². The molecule has 0 saturated carbocycles. The molecule has 0 bridgehead atoms. The molecule has 25 heavy (non-hydrogen) atoms. The van der Waals surface area contributed by atoms with Crippen LogP contribution in [0.5, 0.6) is 0 Å². The zero-order valence-corrected chi connectivity index (χ0v) is 15.0. The number of rotatable bonds is 8. The molecule has 1 atom stereocenters. The largest absolute Gasteiger partial charge is 0.336 e. The van der Waals surface area contributed by atoms with Gasteiger partial charge >= 0.3 is 6.03 Å². The maximum Gasteiger partial charge on any atom is 0.319 e. The zero-order valence-electron chi connectivity index (χ0n) is 15.0. The van der Waals surface area contributed by atoms with Gasteiger partial charge in [0.05, 0.1) is 4.92 Å². The number of amides is 2. The topological polar surface area (TPSA) is 87.5 Å². The number of urea groups is 1. The number of benzene rings is 1.